The van der Waals surface area contributed by atoms with Gasteiger partial charge in [0.15, 0.2) is 11.4 Å². The van der Waals surface area contributed by atoms with Gasteiger partial charge < -0.3 is 4.74 Å². The molecule has 0 spiro atoms. The summed E-state index contributed by atoms with van der Waals surface area (Å²) in [6.07, 6.45) is -10.1. The van der Waals surface area contributed by atoms with Crippen molar-refractivity contribution >= 4 is 0 Å². The smallest absolute Gasteiger partial charge is 0.430 e. The molecule has 2 aromatic rings. The van der Waals surface area contributed by atoms with Gasteiger partial charge in [-0.05, 0) is 6.07 Å². The maximum absolute atomic E-state index is 12.9. The van der Waals surface area contributed by atoms with E-state index in [4.69, 9.17) is 0 Å². The number of nitrogens with zero attached hydrogens (tertiary/aromatic N) is 1. The van der Waals surface area contributed by atoms with Crippen molar-refractivity contribution in [1.29, 1.82) is 0 Å². The van der Waals surface area contributed by atoms with E-state index in [0.29, 0.717) is 6.07 Å². The van der Waals surface area contributed by atoms with E-state index in [9.17, 15) is 35.1 Å². The third-order valence-corrected chi connectivity index (χ3v) is 2.70. The Hall–Kier alpha value is -2.33. The minimum Gasteiger partial charge on any atom is -0.430 e. The van der Waals surface area contributed by atoms with Crippen molar-refractivity contribution in [2.45, 2.75) is 19.0 Å². The van der Waals surface area contributed by atoms with Crippen LogP contribution in [0.25, 0.3) is 11.3 Å². The van der Waals surface area contributed by atoms with Gasteiger partial charge in [0.1, 0.15) is 5.69 Å². The van der Waals surface area contributed by atoms with Crippen molar-refractivity contribution in [3.63, 3.8) is 0 Å². The van der Waals surface area contributed by atoms with Crippen molar-refractivity contribution in [2.24, 2.45) is 0 Å². The van der Waals surface area contributed by atoms with Crippen molar-refractivity contribution in [3.05, 3.63) is 35.5 Å². The second kappa shape index (κ2) is 5.70. The molecule has 0 saturated heterocycles. The average Bonchev–Trinajstić information content (AvgIpc) is 2.80. The molecular weight excluding hydrogens is 340 g/mol. The number of H-pyrrole nitrogens is 1. The van der Waals surface area contributed by atoms with Crippen LogP contribution in [0, 0.1) is 0 Å². The van der Waals surface area contributed by atoms with E-state index >= 15 is 0 Å². The molecule has 2 rings (SSSR count). The molecule has 0 bridgehead atoms. The van der Waals surface area contributed by atoms with Gasteiger partial charge in [0.25, 0.3) is 0 Å². The van der Waals surface area contributed by atoms with E-state index in [1.807, 2.05) is 0 Å². The Labute approximate surface area is 122 Å². The lowest BCUT2D eigenvalue weighted by atomic mass is 10.0. The van der Waals surface area contributed by atoms with Crippen LogP contribution in [0.4, 0.5) is 35.1 Å². The average molecular weight is 346 g/mol. The molecule has 0 fully saturated rings. The molecular formula is C12H6F8N2O. The fraction of sp³-hybridized carbons (Fsp3) is 0.250. The molecule has 0 unspecified atom stereocenters. The zero-order valence-electron chi connectivity index (χ0n) is 10.8. The summed E-state index contributed by atoms with van der Waals surface area (Å²) in [6, 6.07) is 3.48. The minimum absolute atomic E-state index is 0.587. The standard InChI is InChI=1S/C12H6F8N2O/c13-10(14)23-8-7(21-22-9(8)12(18,19)20)5-3-1-2-4-6(5)11(15,16)17/h1-4,10H,(H,21,22). The van der Waals surface area contributed by atoms with Gasteiger partial charge in [0, 0.05) is 5.56 Å². The Morgan fingerprint density at radius 3 is 2.09 bits per heavy atom. The lowest BCUT2D eigenvalue weighted by Gasteiger charge is -2.13. The summed E-state index contributed by atoms with van der Waals surface area (Å²) in [5, 5.41) is 4.47. The van der Waals surface area contributed by atoms with E-state index < -0.39 is 47.2 Å². The predicted molar refractivity (Wildman–Crippen MR) is 60.7 cm³/mol. The molecule has 0 amide bonds. The number of nitrogens with one attached hydrogen (secondary N) is 1. The molecule has 1 aromatic carbocycles. The first kappa shape index (κ1) is 17.0. The molecule has 23 heavy (non-hydrogen) atoms. The van der Waals surface area contributed by atoms with Crippen LogP contribution in [0.2, 0.25) is 0 Å². The van der Waals surface area contributed by atoms with Crippen LogP contribution in [0.5, 0.6) is 5.75 Å². The molecule has 1 heterocycles. The largest absolute Gasteiger partial charge is 0.436 e. The quantitative estimate of drug-likeness (QED) is 0.817. The van der Waals surface area contributed by atoms with Crippen molar-refractivity contribution in [2.75, 3.05) is 0 Å². The molecule has 0 atom stereocenters. The van der Waals surface area contributed by atoms with Gasteiger partial charge in [-0.1, -0.05) is 18.2 Å². The summed E-state index contributed by atoms with van der Waals surface area (Å²) < 4.78 is 105. The Kier molecular flexibility index (Phi) is 4.22. The van der Waals surface area contributed by atoms with E-state index in [2.05, 4.69) is 9.84 Å². The van der Waals surface area contributed by atoms with Crippen LogP contribution >= 0.6 is 0 Å². The van der Waals surface area contributed by atoms with Crippen LogP contribution < -0.4 is 4.74 Å². The molecule has 0 aliphatic rings. The monoisotopic (exact) mass is 346 g/mol. The molecule has 3 nitrogen and oxygen atoms in total. The van der Waals surface area contributed by atoms with Crippen LogP contribution in [0.15, 0.2) is 24.3 Å². The highest BCUT2D eigenvalue weighted by molar-refractivity contribution is 5.71. The first-order valence-corrected chi connectivity index (χ1v) is 5.78. The number of halogens is 8. The summed E-state index contributed by atoms with van der Waals surface area (Å²) in [7, 11) is 0. The number of aromatic amines is 1. The number of rotatable bonds is 3. The molecule has 0 radical (unpaired) electrons. The van der Waals surface area contributed by atoms with Gasteiger partial charge in [0.05, 0.1) is 5.56 Å². The topological polar surface area (TPSA) is 37.9 Å². The van der Waals surface area contributed by atoms with Crippen LogP contribution in [-0.4, -0.2) is 16.8 Å². The van der Waals surface area contributed by atoms with Crippen LogP contribution in [0.3, 0.4) is 0 Å². The Balaban J connectivity index is 2.68. The molecule has 0 saturated carbocycles. The van der Waals surface area contributed by atoms with Gasteiger partial charge in [-0.2, -0.15) is 40.2 Å². The fourth-order valence-electron chi connectivity index (χ4n) is 1.85. The Morgan fingerprint density at radius 1 is 0.957 bits per heavy atom. The molecule has 0 aliphatic carbocycles. The van der Waals surface area contributed by atoms with Crippen molar-refractivity contribution < 1.29 is 39.9 Å². The highest BCUT2D eigenvalue weighted by atomic mass is 19.4. The van der Waals surface area contributed by atoms with Gasteiger partial charge in [-0.3, -0.25) is 5.10 Å². The van der Waals surface area contributed by atoms with Crippen molar-refractivity contribution in [1.82, 2.24) is 10.2 Å². The number of benzene rings is 1. The summed E-state index contributed by atoms with van der Waals surface area (Å²) in [5.74, 6) is -1.50. The first-order valence-electron chi connectivity index (χ1n) is 5.78. The number of alkyl halides is 8. The highest BCUT2D eigenvalue weighted by Crippen LogP contribution is 2.44. The molecule has 11 heteroatoms. The van der Waals surface area contributed by atoms with Gasteiger partial charge in [-0.25, -0.2) is 0 Å². The van der Waals surface area contributed by atoms with Crippen LogP contribution in [-0.2, 0) is 12.4 Å². The summed E-state index contributed by atoms with van der Waals surface area (Å²) in [6.45, 7) is -3.68. The molecule has 1 N–H and O–H groups in total. The zero-order chi connectivity index (χ0) is 17.4. The fourth-order valence-corrected chi connectivity index (χ4v) is 1.85. The third-order valence-electron chi connectivity index (χ3n) is 2.70. The number of ether oxygens (including phenoxy) is 1. The first-order chi connectivity index (χ1) is 10.5. The second-order valence-electron chi connectivity index (χ2n) is 4.20. The summed E-state index contributed by atoms with van der Waals surface area (Å²) in [4.78, 5) is 0. The van der Waals surface area contributed by atoms with E-state index in [1.54, 1.807) is 0 Å². The third kappa shape index (κ3) is 3.54. The Bertz CT molecular complexity index is 689. The van der Waals surface area contributed by atoms with Crippen LogP contribution in [0.1, 0.15) is 11.3 Å². The SMILES string of the molecule is FC(F)Oc1c(-c2ccccc2C(F)(F)F)n[nH]c1C(F)(F)F. The predicted octanol–water partition coefficient (Wildman–Crippen LogP) is 4.72. The normalized spacial score (nSPS) is 12.7. The Morgan fingerprint density at radius 2 is 1.57 bits per heavy atom. The van der Waals surface area contributed by atoms with E-state index in [-0.39, 0.29) is 0 Å². The second-order valence-corrected chi connectivity index (χ2v) is 4.20. The lowest BCUT2D eigenvalue weighted by molar-refractivity contribution is -0.145. The molecule has 1 aromatic heterocycles. The maximum atomic E-state index is 12.9. The van der Waals surface area contributed by atoms with Gasteiger partial charge in [-0.15, -0.1) is 0 Å². The summed E-state index contributed by atoms with van der Waals surface area (Å²) >= 11 is 0. The maximum Gasteiger partial charge on any atom is 0.436 e. The highest BCUT2D eigenvalue weighted by Gasteiger charge is 2.41. The number of hydrogen-bond donors (Lipinski definition) is 1. The van der Waals surface area contributed by atoms with Gasteiger partial charge in [0.2, 0.25) is 0 Å². The van der Waals surface area contributed by atoms with Gasteiger partial charge >= 0.3 is 19.0 Å². The lowest BCUT2D eigenvalue weighted by Crippen LogP contribution is -2.12. The number of hydrogen-bond acceptors (Lipinski definition) is 2. The van der Waals surface area contributed by atoms with Crippen molar-refractivity contribution in [3.8, 4) is 17.0 Å². The molecule has 0 aliphatic heterocycles. The zero-order valence-corrected chi connectivity index (χ0v) is 10.8. The van der Waals surface area contributed by atoms with E-state index in [1.165, 1.54) is 5.10 Å². The summed E-state index contributed by atoms with van der Waals surface area (Å²) in [5.41, 5.74) is -4.96. The van der Waals surface area contributed by atoms with E-state index in [0.717, 1.165) is 18.2 Å². The number of aromatic nitrogens is 2. The minimum atomic E-state index is -5.16. The molecule has 126 valence electrons.